The first-order valence-electron chi connectivity index (χ1n) is 7.42. The summed E-state index contributed by atoms with van der Waals surface area (Å²) in [7, 11) is 0. The predicted molar refractivity (Wildman–Crippen MR) is 81.7 cm³/mol. The summed E-state index contributed by atoms with van der Waals surface area (Å²) in [4.78, 5) is 14.2. The lowest BCUT2D eigenvalue weighted by molar-refractivity contribution is -0.122. The first kappa shape index (κ1) is 15.0. The average Bonchev–Trinajstić information content (AvgIpc) is 2.38. The Bertz CT molecular complexity index is 411. The van der Waals surface area contributed by atoms with Gasteiger partial charge in [-0.05, 0) is 25.8 Å². The monoisotopic (exact) mass is 275 g/mol. The van der Waals surface area contributed by atoms with E-state index in [1.807, 2.05) is 18.2 Å². The predicted octanol–water partition coefficient (Wildman–Crippen LogP) is 1.03. The van der Waals surface area contributed by atoms with Crippen molar-refractivity contribution >= 4 is 5.91 Å². The standard InChI is InChI=1S/C16H25N3O/c1-13-10-19(11-14(2)18-13)12-16(20)17-9-8-15-6-4-3-5-7-15/h3-7,13-14,18H,8-12H2,1-2H3,(H,17,20). The Hall–Kier alpha value is -1.39. The van der Waals surface area contributed by atoms with E-state index in [1.165, 1.54) is 5.56 Å². The first-order chi connectivity index (χ1) is 9.63. The highest BCUT2D eigenvalue weighted by atomic mass is 16.2. The van der Waals surface area contributed by atoms with Gasteiger partial charge in [-0.2, -0.15) is 0 Å². The molecule has 2 unspecified atom stereocenters. The number of carbonyl (C=O) groups is 1. The summed E-state index contributed by atoms with van der Waals surface area (Å²) in [5.41, 5.74) is 1.26. The largest absolute Gasteiger partial charge is 0.355 e. The second-order valence-corrected chi connectivity index (χ2v) is 5.75. The van der Waals surface area contributed by atoms with Crippen LogP contribution in [0.15, 0.2) is 30.3 Å². The molecule has 2 N–H and O–H groups in total. The molecular weight excluding hydrogens is 250 g/mol. The first-order valence-corrected chi connectivity index (χ1v) is 7.42. The molecule has 1 aliphatic heterocycles. The van der Waals surface area contributed by atoms with Gasteiger partial charge in [0.15, 0.2) is 0 Å². The molecule has 0 aromatic heterocycles. The van der Waals surface area contributed by atoms with Gasteiger partial charge in [0, 0.05) is 31.7 Å². The number of hydrogen-bond acceptors (Lipinski definition) is 3. The lowest BCUT2D eigenvalue weighted by atomic mass is 10.1. The molecule has 1 aliphatic rings. The molecule has 1 aromatic rings. The van der Waals surface area contributed by atoms with Gasteiger partial charge in [-0.1, -0.05) is 30.3 Å². The number of nitrogens with one attached hydrogen (secondary N) is 2. The van der Waals surface area contributed by atoms with Crippen LogP contribution in [0.4, 0.5) is 0 Å². The Kier molecular flexibility index (Phi) is 5.56. The van der Waals surface area contributed by atoms with E-state index in [9.17, 15) is 4.79 Å². The van der Waals surface area contributed by atoms with E-state index in [2.05, 4.69) is 41.5 Å². The lowest BCUT2D eigenvalue weighted by Crippen LogP contribution is -2.56. The Morgan fingerprint density at radius 2 is 1.90 bits per heavy atom. The van der Waals surface area contributed by atoms with Crippen LogP contribution in [0, 0.1) is 0 Å². The van der Waals surface area contributed by atoms with Gasteiger partial charge in [-0.3, -0.25) is 9.69 Å². The normalized spacial score (nSPS) is 23.5. The quantitative estimate of drug-likeness (QED) is 0.843. The van der Waals surface area contributed by atoms with Crippen molar-refractivity contribution in [3.8, 4) is 0 Å². The van der Waals surface area contributed by atoms with E-state index in [1.54, 1.807) is 0 Å². The van der Waals surface area contributed by atoms with E-state index >= 15 is 0 Å². The smallest absolute Gasteiger partial charge is 0.234 e. The maximum atomic E-state index is 11.9. The molecule has 0 bridgehead atoms. The summed E-state index contributed by atoms with van der Waals surface area (Å²) in [6.07, 6.45) is 0.890. The van der Waals surface area contributed by atoms with Crippen LogP contribution in [0.3, 0.4) is 0 Å². The molecule has 2 atom stereocenters. The van der Waals surface area contributed by atoms with Crippen LogP contribution in [-0.2, 0) is 11.2 Å². The Balaban J connectivity index is 1.67. The molecular formula is C16H25N3O. The topological polar surface area (TPSA) is 44.4 Å². The van der Waals surface area contributed by atoms with E-state index in [-0.39, 0.29) is 5.91 Å². The summed E-state index contributed by atoms with van der Waals surface area (Å²) in [6, 6.07) is 11.2. The molecule has 0 radical (unpaired) electrons. The summed E-state index contributed by atoms with van der Waals surface area (Å²) in [5, 5.41) is 6.48. The molecule has 0 aliphatic carbocycles. The lowest BCUT2D eigenvalue weighted by Gasteiger charge is -2.35. The number of hydrogen-bond donors (Lipinski definition) is 2. The van der Waals surface area contributed by atoms with E-state index in [4.69, 9.17) is 0 Å². The van der Waals surface area contributed by atoms with Crippen LogP contribution in [0.2, 0.25) is 0 Å². The maximum Gasteiger partial charge on any atom is 0.234 e. The van der Waals surface area contributed by atoms with Crippen LogP contribution in [-0.4, -0.2) is 49.1 Å². The zero-order valence-electron chi connectivity index (χ0n) is 12.4. The van der Waals surface area contributed by atoms with Crippen LogP contribution < -0.4 is 10.6 Å². The number of nitrogens with zero attached hydrogens (tertiary/aromatic N) is 1. The fourth-order valence-corrected chi connectivity index (χ4v) is 2.82. The molecule has 0 spiro atoms. The van der Waals surface area contributed by atoms with Crippen LogP contribution in [0.25, 0.3) is 0 Å². The molecule has 0 saturated carbocycles. The third-order valence-corrected chi connectivity index (χ3v) is 3.58. The molecule has 1 heterocycles. The Labute approximate surface area is 121 Å². The van der Waals surface area contributed by atoms with Crippen molar-refractivity contribution in [2.75, 3.05) is 26.2 Å². The van der Waals surface area contributed by atoms with Crippen LogP contribution in [0.1, 0.15) is 19.4 Å². The number of rotatable bonds is 5. The molecule has 110 valence electrons. The Morgan fingerprint density at radius 3 is 2.55 bits per heavy atom. The van der Waals surface area contributed by atoms with Crippen LogP contribution in [0.5, 0.6) is 0 Å². The molecule has 4 heteroatoms. The van der Waals surface area contributed by atoms with E-state index in [0.29, 0.717) is 25.2 Å². The minimum atomic E-state index is 0.127. The highest BCUT2D eigenvalue weighted by Crippen LogP contribution is 2.03. The minimum Gasteiger partial charge on any atom is -0.355 e. The van der Waals surface area contributed by atoms with Crippen molar-refractivity contribution in [3.63, 3.8) is 0 Å². The summed E-state index contributed by atoms with van der Waals surface area (Å²) >= 11 is 0. The summed E-state index contributed by atoms with van der Waals surface area (Å²) in [5.74, 6) is 0.127. The second-order valence-electron chi connectivity index (χ2n) is 5.75. The van der Waals surface area contributed by atoms with E-state index in [0.717, 1.165) is 19.5 Å². The van der Waals surface area contributed by atoms with Crippen molar-refractivity contribution in [1.82, 2.24) is 15.5 Å². The van der Waals surface area contributed by atoms with Crippen molar-refractivity contribution in [2.45, 2.75) is 32.4 Å². The van der Waals surface area contributed by atoms with Crippen LogP contribution >= 0.6 is 0 Å². The fourth-order valence-electron chi connectivity index (χ4n) is 2.82. The van der Waals surface area contributed by atoms with Gasteiger partial charge < -0.3 is 10.6 Å². The van der Waals surface area contributed by atoms with Crippen molar-refractivity contribution in [3.05, 3.63) is 35.9 Å². The third kappa shape index (κ3) is 4.94. The molecule has 1 saturated heterocycles. The highest BCUT2D eigenvalue weighted by molar-refractivity contribution is 5.78. The van der Waals surface area contributed by atoms with Crippen molar-refractivity contribution in [1.29, 1.82) is 0 Å². The van der Waals surface area contributed by atoms with Crippen molar-refractivity contribution in [2.24, 2.45) is 0 Å². The molecule has 20 heavy (non-hydrogen) atoms. The zero-order chi connectivity index (χ0) is 14.4. The molecule has 1 amide bonds. The SMILES string of the molecule is CC1CN(CC(=O)NCCc2ccccc2)CC(C)N1. The summed E-state index contributed by atoms with van der Waals surface area (Å²) in [6.45, 7) is 7.42. The van der Waals surface area contributed by atoms with Gasteiger partial charge in [-0.25, -0.2) is 0 Å². The Morgan fingerprint density at radius 1 is 1.25 bits per heavy atom. The number of piperazine rings is 1. The maximum absolute atomic E-state index is 11.9. The van der Waals surface area contributed by atoms with Gasteiger partial charge in [-0.15, -0.1) is 0 Å². The number of benzene rings is 1. The molecule has 2 rings (SSSR count). The average molecular weight is 275 g/mol. The van der Waals surface area contributed by atoms with Gasteiger partial charge >= 0.3 is 0 Å². The highest BCUT2D eigenvalue weighted by Gasteiger charge is 2.22. The summed E-state index contributed by atoms with van der Waals surface area (Å²) < 4.78 is 0. The third-order valence-electron chi connectivity index (χ3n) is 3.58. The molecule has 1 aromatic carbocycles. The van der Waals surface area contributed by atoms with Gasteiger partial charge in [0.05, 0.1) is 6.54 Å². The van der Waals surface area contributed by atoms with Gasteiger partial charge in [0.25, 0.3) is 0 Å². The van der Waals surface area contributed by atoms with Gasteiger partial charge in [0.2, 0.25) is 5.91 Å². The van der Waals surface area contributed by atoms with E-state index < -0.39 is 0 Å². The van der Waals surface area contributed by atoms with Crippen molar-refractivity contribution < 1.29 is 4.79 Å². The second kappa shape index (κ2) is 7.41. The number of amides is 1. The fraction of sp³-hybridized carbons (Fsp3) is 0.562. The molecule has 4 nitrogen and oxygen atoms in total. The molecule has 1 fully saturated rings. The van der Waals surface area contributed by atoms with Gasteiger partial charge in [0.1, 0.15) is 0 Å². The number of carbonyl (C=O) groups excluding carboxylic acids is 1. The zero-order valence-corrected chi connectivity index (χ0v) is 12.4. The minimum absolute atomic E-state index is 0.127.